The van der Waals surface area contributed by atoms with Gasteiger partial charge in [-0.15, -0.1) is 0 Å². The van der Waals surface area contributed by atoms with Crippen molar-refractivity contribution in [2.45, 2.75) is 6.92 Å². The van der Waals surface area contributed by atoms with Crippen molar-refractivity contribution in [1.82, 2.24) is 19.9 Å². The van der Waals surface area contributed by atoms with Crippen molar-refractivity contribution in [3.8, 4) is 0 Å². The van der Waals surface area contributed by atoms with E-state index in [4.69, 9.17) is 11.6 Å². The molecule has 0 aliphatic carbocycles. The number of carbonyl (C=O) groups is 1. The molecule has 1 saturated heterocycles. The number of piperazine rings is 1. The molecule has 1 fully saturated rings. The van der Waals surface area contributed by atoms with E-state index in [0.29, 0.717) is 33.9 Å². The quantitative estimate of drug-likeness (QED) is 0.703. The summed E-state index contributed by atoms with van der Waals surface area (Å²) in [7, 11) is 0. The fourth-order valence-electron chi connectivity index (χ4n) is 3.03. The lowest BCUT2D eigenvalue weighted by Crippen LogP contribution is -2.49. The van der Waals surface area contributed by atoms with Gasteiger partial charge in [0.25, 0.3) is 5.91 Å². The smallest absolute Gasteiger partial charge is 0.266 e. The maximum absolute atomic E-state index is 13.0. The highest BCUT2D eigenvalue weighted by molar-refractivity contribution is 7.17. The average Bonchev–Trinajstić information content (AvgIpc) is 3.10. The van der Waals surface area contributed by atoms with Crippen molar-refractivity contribution in [2.24, 2.45) is 0 Å². The molecule has 1 amide bonds. The second kappa shape index (κ2) is 8.12. The van der Waals surface area contributed by atoms with Crippen molar-refractivity contribution in [3.63, 3.8) is 0 Å². The molecular weight excluding hydrogens is 396 g/mol. The van der Waals surface area contributed by atoms with E-state index in [9.17, 15) is 4.79 Å². The van der Waals surface area contributed by atoms with Crippen LogP contribution in [0.25, 0.3) is 0 Å². The Morgan fingerprint density at radius 1 is 1.14 bits per heavy atom. The topological polar surface area (TPSA) is 74.2 Å². The standard InChI is InChI=1S/C19H19ClN6OS/c1-13-17(28-19(23-13)24-15-6-5-14(20)12-22-15)18(27)26-10-8-25(9-11-26)16-4-2-3-7-21-16/h2-7,12H,8-11H2,1H3,(H,22,23,24). The number of rotatable bonds is 4. The van der Waals surface area contributed by atoms with Gasteiger partial charge in [0.1, 0.15) is 16.5 Å². The Bertz CT molecular complexity index is 954. The van der Waals surface area contributed by atoms with Gasteiger partial charge in [-0.3, -0.25) is 4.79 Å². The summed E-state index contributed by atoms with van der Waals surface area (Å²) in [5, 5.41) is 4.34. The van der Waals surface area contributed by atoms with E-state index in [-0.39, 0.29) is 5.91 Å². The zero-order valence-electron chi connectivity index (χ0n) is 15.3. The van der Waals surface area contributed by atoms with Crippen LogP contribution in [0, 0.1) is 6.92 Å². The van der Waals surface area contributed by atoms with Crippen molar-refractivity contribution in [2.75, 3.05) is 36.4 Å². The first-order chi connectivity index (χ1) is 13.6. The minimum Gasteiger partial charge on any atom is -0.353 e. The summed E-state index contributed by atoms with van der Waals surface area (Å²) >= 11 is 7.21. The molecule has 0 atom stereocenters. The van der Waals surface area contributed by atoms with E-state index in [1.165, 1.54) is 11.3 Å². The SMILES string of the molecule is Cc1nc(Nc2ccc(Cl)cn2)sc1C(=O)N1CCN(c2ccccn2)CC1. The van der Waals surface area contributed by atoms with Crippen LogP contribution in [0.3, 0.4) is 0 Å². The number of amides is 1. The van der Waals surface area contributed by atoms with E-state index >= 15 is 0 Å². The lowest BCUT2D eigenvalue weighted by molar-refractivity contribution is 0.0750. The van der Waals surface area contributed by atoms with Crippen molar-refractivity contribution >= 4 is 45.6 Å². The summed E-state index contributed by atoms with van der Waals surface area (Å²) in [5.41, 5.74) is 0.721. The molecule has 28 heavy (non-hydrogen) atoms. The Morgan fingerprint density at radius 2 is 1.96 bits per heavy atom. The van der Waals surface area contributed by atoms with Gasteiger partial charge in [0, 0.05) is 38.6 Å². The van der Waals surface area contributed by atoms with Crippen LogP contribution < -0.4 is 10.2 Å². The lowest BCUT2D eigenvalue weighted by atomic mass is 10.2. The number of thiazole rings is 1. The van der Waals surface area contributed by atoms with Gasteiger partial charge in [0.15, 0.2) is 5.13 Å². The maximum atomic E-state index is 13.0. The lowest BCUT2D eigenvalue weighted by Gasteiger charge is -2.35. The van der Waals surface area contributed by atoms with Crippen LogP contribution in [-0.2, 0) is 0 Å². The monoisotopic (exact) mass is 414 g/mol. The molecule has 4 heterocycles. The number of halogens is 1. The first-order valence-corrected chi connectivity index (χ1v) is 10.1. The number of aromatic nitrogens is 3. The predicted octanol–water partition coefficient (Wildman–Crippen LogP) is 3.60. The molecule has 0 saturated carbocycles. The number of nitrogens with zero attached hydrogens (tertiary/aromatic N) is 5. The van der Waals surface area contributed by atoms with Crippen LogP contribution >= 0.6 is 22.9 Å². The van der Waals surface area contributed by atoms with Crippen LogP contribution in [0.2, 0.25) is 5.02 Å². The summed E-state index contributed by atoms with van der Waals surface area (Å²) < 4.78 is 0. The van der Waals surface area contributed by atoms with Gasteiger partial charge in [-0.25, -0.2) is 15.0 Å². The molecule has 9 heteroatoms. The molecule has 0 aromatic carbocycles. The zero-order chi connectivity index (χ0) is 19.5. The van der Waals surface area contributed by atoms with Gasteiger partial charge >= 0.3 is 0 Å². The van der Waals surface area contributed by atoms with Gasteiger partial charge in [-0.2, -0.15) is 0 Å². The zero-order valence-corrected chi connectivity index (χ0v) is 16.9. The Balaban J connectivity index is 1.41. The second-order valence-corrected chi connectivity index (χ2v) is 7.82. The van der Waals surface area contributed by atoms with Gasteiger partial charge in [0.05, 0.1) is 10.7 Å². The molecule has 0 unspecified atom stereocenters. The second-order valence-electron chi connectivity index (χ2n) is 6.39. The number of aryl methyl sites for hydroxylation is 1. The van der Waals surface area contributed by atoms with Crippen LogP contribution in [0.4, 0.5) is 16.8 Å². The van der Waals surface area contributed by atoms with Crippen LogP contribution in [0.5, 0.6) is 0 Å². The number of hydrogen-bond donors (Lipinski definition) is 1. The first-order valence-electron chi connectivity index (χ1n) is 8.91. The molecule has 0 bridgehead atoms. The minimum absolute atomic E-state index is 0.0211. The summed E-state index contributed by atoms with van der Waals surface area (Å²) in [6, 6.07) is 9.40. The van der Waals surface area contributed by atoms with Crippen LogP contribution in [0.15, 0.2) is 42.7 Å². The van der Waals surface area contributed by atoms with Gasteiger partial charge in [-0.1, -0.05) is 29.0 Å². The number of carbonyl (C=O) groups excluding carboxylic acids is 1. The highest BCUT2D eigenvalue weighted by atomic mass is 35.5. The van der Waals surface area contributed by atoms with Gasteiger partial charge in [0.2, 0.25) is 0 Å². The molecular formula is C19H19ClN6OS. The first kappa shape index (κ1) is 18.6. The average molecular weight is 415 g/mol. The molecule has 144 valence electrons. The van der Waals surface area contributed by atoms with Crippen molar-refractivity contribution in [3.05, 3.63) is 58.3 Å². The van der Waals surface area contributed by atoms with Gasteiger partial charge in [-0.05, 0) is 31.2 Å². The number of hydrogen-bond acceptors (Lipinski definition) is 7. The Morgan fingerprint density at radius 3 is 2.64 bits per heavy atom. The van der Waals surface area contributed by atoms with Crippen LogP contribution in [-0.4, -0.2) is 51.9 Å². The Kier molecular flexibility index (Phi) is 5.40. The third kappa shape index (κ3) is 4.07. The summed E-state index contributed by atoms with van der Waals surface area (Å²) in [4.78, 5) is 30.8. The highest BCUT2D eigenvalue weighted by Crippen LogP contribution is 2.27. The molecule has 7 nitrogen and oxygen atoms in total. The van der Waals surface area contributed by atoms with E-state index in [1.54, 1.807) is 24.5 Å². The van der Waals surface area contributed by atoms with Crippen molar-refractivity contribution < 1.29 is 4.79 Å². The number of pyridine rings is 2. The molecule has 1 N–H and O–H groups in total. The largest absolute Gasteiger partial charge is 0.353 e. The fourth-order valence-corrected chi connectivity index (χ4v) is 4.08. The predicted molar refractivity (Wildman–Crippen MR) is 112 cm³/mol. The normalized spacial score (nSPS) is 14.2. The molecule has 1 aliphatic rings. The summed E-state index contributed by atoms with van der Waals surface area (Å²) in [5.74, 6) is 1.61. The van der Waals surface area contributed by atoms with Crippen LogP contribution in [0.1, 0.15) is 15.4 Å². The number of nitrogens with one attached hydrogen (secondary N) is 1. The number of anilines is 3. The van der Waals surface area contributed by atoms with E-state index < -0.39 is 0 Å². The molecule has 0 radical (unpaired) electrons. The Labute approximate surface area is 172 Å². The third-order valence-corrected chi connectivity index (χ3v) is 5.78. The molecule has 3 aromatic heterocycles. The van der Waals surface area contributed by atoms with E-state index in [1.807, 2.05) is 30.0 Å². The highest BCUT2D eigenvalue weighted by Gasteiger charge is 2.26. The summed E-state index contributed by atoms with van der Waals surface area (Å²) in [6.45, 7) is 4.71. The van der Waals surface area contributed by atoms with E-state index in [0.717, 1.165) is 24.6 Å². The molecule has 4 rings (SSSR count). The fraction of sp³-hybridized carbons (Fsp3) is 0.263. The van der Waals surface area contributed by atoms with Crippen molar-refractivity contribution in [1.29, 1.82) is 0 Å². The maximum Gasteiger partial charge on any atom is 0.266 e. The summed E-state index contributed by atoms with van der Waals surface area (Å²) in [6.07, 6.45) is 3.36. The minimum atomic E-state index is 0.0211. The molecule has 3 aromatic rings. The molecule has 0 spiro atoms. The van der Waals surface area contributed by atoms with E-state index in [2.05, 4.69) is 25.2 Å². The Hall–Kier alpha value is -2.71. The molecule has 1 aliphatic heterocycles. The third-order valence-electron chi connectivity index (χ3n) is 4.49. The van der Waals surface area contributed by atoms with Gasteiger partial charge < -0.3 is 15.1 Å².